The topological polar surface area (TPSA) is 42.7 Å². The van der Waals surface area contributed by atoms with Crippen LogP contribution in [0.25, 0.3) is 0 Å². The quantitative estimate of drug-likeness (QED) is 0.934. The molecular weight excluding hydrogens is 276 g/mol. The number of halogens is 1. The number of hydrogen-bond donors (Lipinski definition) is 1. The van der Waals surface area contributed by atoms with Gasteiger partial charge in [0.25, 0.3) is 0 Å². The van der Waals surface area contributed by atoms with Crippen LogP contribution in [0.1, 0.15) is 10.7 Å². The van der Waals surface area contributed by atoms with E-state index in [0.29, 0.717) is 0 Å². The van der Waals surface area contributed by atoms with E-state index in [-0.39, 0.29) is 0 Å². The Labute approximate surface area is 100 Å². The SMILES string of the molecule is Cn1ncnc1CNCc1ccc(Br)s1. The van der Waals surface area contributed by atoms with Gasteiger partial charge in [-0.05, 0) is 28.1 Å². The maximum atomic E-state index is 4.14. The zero-order valence-corrected chi connectivity index (χ0v) is 10.7. The van der Waals surface area contributed by atoms with Crippen LogP contribution in [0.5, 0.6) is 0 Å². The molecule has 0 aliphatic heterocycles. The first-order valence-electron chi connectivity index (χ1n) is 4.53. The number of nitrogens with one attached hydrogen (secondary N) is 1. The second-order valence-electron chi connectivity index (χ2n) is 3.11. The highest BCUT2D eigenvalue weighted by Crippen LogP contribution is 2.21. The summed E-state index contributed by atoms with van der Waals surface area (Å²) in [4.78, 5) is 5.44. The fraction of sp³-hybridized carbons (Fsp3) is 0.333. The molecular formula is C9H11BrN4S. The third kappa shape index (κ3) is 2.87. The summed E-state index contributed by atoms with van der Waals surface area (Å²) in [5.74, 6) is 0.950. The van der Waals surface area contributed by atoms with Gasteiger partial charge in [-0.15, -0.1) is 11.3 Å². The summed E-state index contributed by atoms with van der Waals surface area (Å²) >= 11 is 5.18. The maximum absolute atomic E-state index is 4.14. The molecule has 2 rings (SSSR count). The van der Waals surface area contributed by atoms with Gasteiger partial charge >= 0.3 is 0 Å². The lowest BCUT2D eigenvalue weighted by atomic mass is 10.4. The van der Waals surface area contributed by atoms with Crippen molar-refractivity contribution in [2.24, 2.45) is 7.05 Å². The molecule has 0 aliphatic rings. The standard InChI is InChI=1S/C9H11BrN4S/c1-14-9(12-6-13-14)5-11-4-7-2-3-8(10)15-7/h2-3,6,11H,4-5H2,1H3. The molecule has 2 aromatic heterocycles. The van der Waals surface area contributed by atoms with Crippen LogP contribution in [0.3, 0.4) is 0 Å². The second kappa shape index (κ2) is 4.87. The van der Waals surface area contributed by atoms with Crippen LogP contribution in [0, 0.1) is 0 Å². The summed E-state index contributed by atoms with van der Waals surface area (Å²) in [5.41, 5.74) is 0. The van der Waals surface area contributed by atoms with Gasteiger partial charge in [0.2, 0.25) is 0 Å². The largest absolute Gasteiger partial charge is 0.305 e. The molecule has 0 saturated carbocycles. The fourth-order valence-corrected chi connectivity index (χ4v) is 2.68. The lowest BCUT2D eigenvalue weighted by Gasteiger charge is -2.01. The number of rotatable bonds is 4. The molecule has 0 saturated heterocycles. The molecule has 0 bridgehead atoms. The van der Waals surface area contributed by atoms with Gasteiger partial charge in [-0.1, -0.05) is 0 Å². The minimum absolute atomic E-state index is 0.742. The van der Waals surface area contributed by atoms with Gasteiger partial charge in [-0.25, -0.2) is 4.98 Å². The Bertz CT molecular complexity index is 437. The highest BCUT2D eigenvalue weighted by atomic mass is 79.9. The Kier molecular flexibility index (Phi) is 3.50. The zero-order valence-electron chi connectivity index (χ0n) is 8.27. The molecule has 2 aromatic rings. The van der Waals surface area contributed by atoms with Crippen molar-refractivity contribution in [1.29, 1.82) is 0 Å². The van der Waals surface area contributed by atoms with Crippen molar-refractivity contribution in [3.05, 3.63) is 32.9 Å². The number of thiophene rings is 1. The molecule has 2 heterocycles. The van der Waals surface area contributed by atoms with Gasteiger partial charge in [0.15, 0.2) is 0 Å². The first-order chi connectivity index (χ1) is 7.25. The van der Waals surface area contributed by atoms with Crippen molar-refractivity contribution < 1.29 is 0 Å². The van der Waals surface area contributed by atoms with Crippen LogP contribution in [-0.2, 0) is 20.1 Å². The van der Waals surface area contributed by atoms with E-state index in [2.05, 4.69) is 43.5 Å². The molecule has 0 aliphatic carbocycles. The van der Waals surface area contributed by atoms with Gasteiger partial charge in [0.1, 0.15) is 12.2 Å². The van der Waals surface area contributed by atoms with E-state index < -0.39 is 0 Å². The molecule has 6 heteroatoms. The maximum Gasteiger partial charge on any atom is 0.140 e. The van der Waals surface area contributed by atoms with E-state index >= 15 is 0 Å². The molecule has 0 atom stereocenters. The Morgan fingerprint density at radius 1 is 1.47 bits per heavy atom. The third-order valence-electron chi connectivity index (χ3n) is 2.02. The summed E-state index contributed by atoms with van der Waals surface area (Å²) < 4.78 is 2.94. The Morgan fingerprint density at radius 2 is 2.33 bits per heavy atom. The van der Waals surface area contributed by atoms with Crippen LogP contribution in [0.4, 0.5) is 0 Å². The van der Waals surface area contributed by atoms with Crippen LogP contribution < -0.4 is 5.32 Å². The number of nitrogens with zero attached hydrogens (tertiary/aromatic N) is 3. The first kappa shape index (κ1) is 10.8. The average molecular weight is 287 g/mol. The summed E-state index contributed by atoms with van der Waals surface area (Å²) in [6.07, 6.45) is 1.57. The summed E-state index contributed by atoms with van der Waals surface area (Å²) in [7, 11) is 1.89. The lowest BCUT2D eigenvalue weighted by Crippen LogP contribution is -2.15. The second-order valence-corrected chi connectivity index (χ2v) is 5.66. The minimum atomic E-state index is 0.742. The van der Waals surface area contributed by atoms with E-state index in [1.54, 1.807) is 22.3 Å². The summed E-state index contributed by atoms with van der Waals surface area (Å²) in [5, 5.41) is 7.33. The van der Waals surface area contributed by atoms with E-state index in [1.165, 1.54) is 4.88 Å². The van der Waals surface area contributed by atoms with Crippen molar-refractivity contribution in [1.82, 2.24) is 20.1 Å². The van der Waals surface area contributed by atoms with Crippen LogP contribution >= 0.6 is 27.3 Å². The van der Waals surface area contributed by atoms with Crippen molar-refractivity contribution >= 4 is 27.3 Å². The van der Waals surface area contributed by atoms with Crippen LogP contribution in [0.15, 0.2) is 22.2 Å². The molecule has 1 N–H and O–H groups in total. The monoisotopic (exact) mass is 286 g/mol. The molecule has 0 spiro atoms. The molecule has 0 fully saturated rings. The third-order valence-corrected chi connectivity index (χ3v) is 3.64. The van der Waals surface area contributed by atoms with E-state index in [0.717, 1.165) is 22.7 Å². The molecule has 0 unspecified atom stereocenters. The normalized spacial score (nSPS) is 10.8. The lowest BCUT2D eigenvalue weighted by molar-refractivity contribution is 0.617. The van der Waals surface area contributed by atoms with Gasteiger partial charge in [-0.3, -0.25) is 4.68 Å². The number of hydrogen-bond acceptors (Lipinski definition) is 4. The predicted molar refractivity (Wildman–Crippen MR) is 63.6 cm³/mol. The van der Waals surface area contributed by atoms with Gasteiger partial charge in [0.05, 0.1) is 10.3 Å². The van der Waals surface area contributed by atoms with Crippen LogP contribution in [-0.4, -0.2) is 14.8 Å². The summed E-state index contributed by atoms with van der Waals surface area (Å²) in [6.45, 7) is 1.61. The van der Waals surface area contributed by atoms with Crippen molar-refractivity contribution in [2.75, 3.05) is 0 Å². The minimum Gasteiger partial charge on any atom is -0.305 e. The average Bonchev–Trinajstić information content (AvgIpc) is 2.77. The van der Waals surface area contributed by atoms with Gasteiger partial charge in [-0.2, -0.15) is 5.10 Å². The molecule has 0 amide bonds. The Balaban J connectivity index is 1.83. The molecule has 4 nitrogen and oxygen atoms in total. The smallest absolute Gasteiger partial charge is 0.140 e. The van der Waals surface area contributed by atoms with Gasteiger partial charge < -0.3 is 5.32 Å². The number of aryl methyl sites for hydroxylation is 1. The zero-order chi connectivity index (χ0) is 10.7. The Morgan fingerprint density at radius 3 is 2.93 bits per heavy atom. The summed E-state index contributed by atoms with van der Waals surface area (Å²) in [6, 6.07) is 4.17. The van der Waals surface area contributed by atoms with Crippen molar-refractivity contribution in [3.63, 3.8) is 0 Å². The first-order valence-corrected chi connectivity index (χ1v) is 6.14. The molecule has 0 radical (unpaired) electrons. The molecule has 0 aromatic carbocycles. The highest BCUT2D eigenvalue weighted by molar-refractivity contribution is 9.11. The molecule has 80 valence electrons. The van der Waals surface area contributed by atoms with Crippen molar-refractivity contribution in [2.45, 2.75) is 13.1 Å². The van der Waals surface area contributed by atoms with E-state index in [4.69, 9.17) is 0 Å². The highest BCUT2D eigenvalue weighted by Gasteiger charge is 2.00. The fourth-order valence-electron chi connectivity index (χ4n) is 1.22. The number of aromatic nitrogens is 3. The van der Waals surface area contributed by atoms with Crippen molar-refractivity contribution in [3.8, 4) is 0 Å². The predicted octanol–water partition coefficient (Wildman–Crippen LogP) is 1.93. The molecule has 15 heavy (non-hydrogen) atoms. The van der Waals surface area contributed by atoms with E-state index in [1.807, 2.05) is 7.05 Å². The van der Waals surface area contributed by atoms with Crippen LogP contribution in [0.2, 0.25) is 0 Å². The van der Waals surface area contributed by atoms with E-state index in [9.17, 15) is 0 Å². The van der Waals surface area contributed by atoms with Gasteiger partial charge in [0, 0.05) is 18.5 Å². The Hall–Kier alpha value is -0.720.